The SMILES string of the molecule is N#CCCC(F)(F)c1ccc(F)cc1. The zero-order valence-corrected chi connectivity index (χ0v) is 7.30. The van der Waals surface area contributed by atoms with E-state index < -0.39 is 18.2 Å². The molecule has 0 aliphatic heterocycles. The Balaban J connectivity index is 2.82. The maximum Gasteiger partial charge on any atom is 0.274 e. The van der Waals surface area contributed by atoms with Crippen LogP contribution in [0.25, 0.3) is 0 Å². The van der Waals surface area contributed by atoms with Gasteiger partial charge in [0.15, 0.2) is 0 Å². The molecule has 1 aromatic rings. The van der Waals surface area contributed by atoms with Gasteiger partial charge in [0.25, 0.3) is 5.92 Å². The van der Waals surface area contributed by atoms with Crippen molar-refractivity contribution in [3.8, 4) is 6.07 Å². The van der Waals surface area contributed by atoms with Crippen LogP contribution in [-0.2, 0) is 5.92 Å². The molecule has 1 nitrogen and oxygen atoms in total. The van der Waals surface area contributed by atoms with Crippen molar-refractivity contribution < 1.29 is 13.2 Å². The number of hydrogen-bond donors (Lipinski definition) is 0. The first-order valence-electron chi connectivity index (χ1n) is 4.07. The first-order valence-corrected chi connectivity index (χ1v) is 4.07. The average Bonchev–Trinajstić information content (AvgIpc) is 2.16. The van der Waals surface area contributed by atoms with Gasteiger partial charge in [0.05, 0.1) is 6.07 Å². The Morgan fingerprint density at radius 1 is 1.21 bits per heavy atom. The smallest absolute Gasteiger partial charge is 0.207 e. The van der Waals surface area contributed by atoms with E-state index in [1.807, 2.05) is 0 Å². The maximum atomic E-state index is 13.2. The highest BCUT2D eigenvalue weighted by molar-refractivity contribution is 5.20. The number of nitriles is 1. The Morgan fingerprint density at radius 3 is 2.29 bits per heavy atom. The van der Waals surface area contributed by atoms with Crippen LogP contribution in [0.1, 0.15) is 18.4 Å². The lowest BCUT2D eigenvalue weighted by Gasteiger charge is -2.14. The second-order valence-corrected chi connectivity index (χ2v) is 2.87. The summed E-state index contributed by atoms with van der Waals surface area (Å²) >= 11 is 0. The molecule has 4 heteroatoms. The van der Waals surface area contributed by atoms with E-state index in [1.54, 1.807) is 6.07 Å². The van der Waals surface area contributed by atoms with Gasteiger partial charge < -0.3 is 0 Å². The molecule has 0 aromatic heterocycles. The third kappa shape index (κ3) is 2.49. The molecule has 0 aliphatic rings. The van der Waals surface area contributed by atoms with E-state index in [4.69, 9.17) is 5.26 Å². The second kappa shape index (κ2) is 4.14. The summed E-state index contributed by atoms with van der Waals surface area (Å²) in [7, 11) is 0. The van der Waals surface area contributed by atoms with Gasteiger partial charge in [0, 0.05) is 18.4 Å². The molecule has 0 bridgehead atoms. The molecule has 0 atom stereocenters. The van der Waals surface area contributed by atoms with Crippen LogP contribution in [0.3, 0.4) is 0 Å². The Labute approximate surface area is 79.8 Å². The van der Waals surface area contributed by atoms with E-state index >= 15 is 0 Å². The summed E-state index contributed by atoms with van der Waals surface area (Å²) in [5.74, 6) is -3.60. The fourth-order valence-corrected chi connectivity index (χ4v) is 1.05. The van der Waals surface area contributed by atoms with E-state index in [9.17, 15) is 13.2 Å². The summed E-state index contributed by atoms with van der Waals surface area (Å²) in [5.41, 5.74) is -0.255. The van der Waals surface area contributed by atoms with Gasteiger partial charge in [-0.25, -0.2) is 13.2 Å². The maximum absolute atomic E-state index is 13.2. The van der Waals surface area contributed by atoms with Crippen LogP contribution >= 0.6 is 0 Å². The summed E-state index contributed by atoms with van der Waals surface area (Å²) in [6.45, 7) is 0. The van der Waals surface area contributed by atoms with Crippen LogP contribution in [0.4, 0.5) is 13.2 Å². The van der Waals surface area contributed by atoms with Crippen LogP contribution in [0.5, 0.6) is 0 Å². The van der Waals surface area contributed by atoms with E-state index in [-0.39, 0.29) is 12.0 Å². The molecule has 0 spiro atoms. The van der Waals surface area contributed by atoms with E-state index in [0.29, 0.717) is 0 Å². The lowest BCUT2D eigenvalue weighted by molar-refractivity contribution is -0.0120. The zero-order chi connectivity index (χ0) is 10.6. The molecule has 0 amide bonds. The predicted molar refractivity (Wildman–Crippen MR) is 45.1 cm³/mol. The summed E-state index contributed by atoms with van der Waals surface area (Å²) in [4.78, 5) is 0. The van der Waals surface area contributed by atoms with E-state index in [0.717, 1.165) is 24.3 Å². The molecule has 0 radical (unpaired) electrons. The van der Waals surface area contributed by atoms with Crippen molar-refractivity contribution in [3.05, 3.63) is 35.6 Å². The van der Waals surface area contributed by atoms with E-state index in [2.05, 4.69) is 0 Å². The lowest BCUT2D eigenvalue weighted by atomic mass is 10.0. The molecule has 1 rings (SSSR count). The van der Waals surface area contributed by atoms with Gasteiger partial charge in [0.1, 0.15) is 5.82 Å². The normalized spacial score (nSPS) is 11.0. The fraction of sp³-hybridized carbons (Fsp3) is 0.300. The van der Waals surface area contributed by atoms with Crippen molar-refractivity contribution in [2.75, 3.05) is 0 Å². The summed E-state index contributed by atoms with van der Waals surface area (Å²) < 4.78 is 38.8. The van der Waals surface area contributed by atoms with Crippen LogP contribution in [0.15, 0.2) is 24.3 Å². The monoisotopic (exact) mass is 199 g/mol. The van der Waals surface area contributed by atoms with Crippen LogP contribution in [0, 0.1) is 17.1 Å². The molecule has 0 fully saturated rings. The second-order valence-electron chi connectivity index (χ2n) is 2.87. The van der Waals surface area contributed by atoms with Gasteiger partial charge in [-0.2, -0.15) is 5.26 Å². The predicted octanol–water partition coefficient (Wildman–Crippen LogP) is 3.22. The first-order chi connectivity index (χ1) is 6.56. The fourth-order valence-electron chi connectivity index (χ4n) is 1.05. The molecule has 0 aliphatic carbocycles. The van der Waals surface area contributed by atoms with Crippen LogP contribution in [0.2, 0.25) is 0 Å². The summed E-state index contributed by atoms with van der Waals surface area (Å²) in [6, 6.07) is 5.68. The van der Waals surface area contributed by atoms with Crippen molar-refractivity contribution in [1.82, 2.24) is 0 Å². The van der Waals surface area contributed by atoms with Gasteiger partial charge in [0.2, 0.25) is 0 Å². The summed E-state index contributed by atoms with van der Waals surface area (Å²) in [6.07, 6.45) is -0.750. The van der Waals surface area contributed by atoms with Crippen molar-refractivity contribution in [2.45, 2.75) is 18.8 Å². The minimum absolute atomic E-state index is 0.218. The van der Waals surface area contributed by atoms with Crippen LogP contribution < -0.4 is 0 Å². The Kier molecular flexibility index (Phi) is 3.13. The number of halogens is 3. The third-order valence-corrected chi connectivity index (χ3v) is 1.82. The number of benzene rings is 1. The zero-order valence-electron chi connectivity index (χ0n) is 7.30. The van der Waals surface area contributed by atoms with Crippen molar-refractivity contribution in [3.63, 3.8) is 0 Å². The van der Waals surface area contributed by atoms with Gasteiger partial charge in [-0.1, -0.05) is 12.1 Å². The topological polar surface area (TPSA) is 23.8 Å². The van der Waals surface area contributed by atoms with Gasteiger partial charge in [-0.15, -0.1) is 0 Å². The average molecular weight is 199 g/mol. The van der Waals surface area contributed by atoms with Crippen molar-refractivity contribution >= 4 is 0 Å². The molecule has 0 saturated heterocycles. The van der Waals surface area contributed by atoms with Gasteiger partial charge in [-0.05, 0) is 12.1 Å². The lowest BCUT2D eigenvalue weighted by Crippen LogP contribution is -2.12. The molecular formula is C10H8F3N. The molecule has 0 saturated carbocycles. The minimum atomic E-state index is -3.05. The highest BCUT2D eigenvalue weighted by atomic mass is 19.3. The van der Waals surface area contributed by atoms with Crippen molar-refractivity contribution in [2.24, 2.45) is 0 Å². The quantitative estimate of drug-likeness (QED) is 0.733. The molecule has 0 unspecified atom stereocenters. The molecule has 14 heavy (non-hydrogen) atoms. The Morgan fingerprint density at radius 2 is 1.79 bits per heavy atom. The number of rotatable bonds is 3. The number of hydrogen-bond acceptors (Lipinski definition) is 1. The minimum Gasteiger partial charge on any atom is -0.207 e. The standard InChI is InChI=1S/C10H8F3N/c11-9-4-2-8(3-5-9)10(12,13)6-1-7-14/h2-5H,1,6H2. The molecule has 0 N–H and O–H groups in total. The Bertz CT molecular complexity index is 337. The highest BCUT2D eigenvalue weighted by Crippen LogP contribution is 2.32. The molecular weight excluding hydrogens is 191 g/mol. The first kappa shape index (κ1) is 10.6. The largest absolute Gasteiger partial charge is 0.274 e. The van der Waals surface area contributed by atoms with Gasteiger partial charge >= 0.3 is 0 Å². The number of alkyl halides is 2. The molecule has 1 aromatic carbocycles. The molecule has 74 valence electrons. The third-order valence-electron chi connectivity index (χ3n) is 1.82. The van der Waals surface area contributed by atoms with Gasteiger partial charge in [-0.3, -0.25) is 0 Å². The number of nitrogens with zero attached hydrogens (tertiary/aromatic N) is 1. The molecule has 0 heterocycles. The van der Waals surface area contributed by atoms with Crippen molar-refractivity contribution in [1.29, 1.82) is 5.26 Å². The Hall–Kier alpha value is -1.50. The summed E-state index contributed by atoms with van der Waals surface area (Å²) in [5, 5.41) is 8.18. The van der Waals surface area contributed by atoms with Crippen LogP contribution in [-0.4, -0.2) is 0 Å². The highest BCUT2D eigenvalue weighted by Gasteiger charge is 2.30. The van der Waals surface area contributed by atoms with E-state index in [1.165, 1.54) is 0 Å².